The summed E-state index contributed by atoms with van der Waals surface area (Å²) in [6.45, 7) is 7.16. The number of halogens is 1. The zero-order valence-corrected chi connectivity index (χ0v) is 8.50. The molecule has 0 aliphatic carbocycles. The molecule has 0 aliphatic rings. The molecule has 0 N–H and O–H groups in total. The molecule has 0 amide bonds. The van der Waals surface area contributed by atoms with Crippen molar-refractivity contribution in [3.8, 4) is 5.75 Å². The van der Waals surface area contributed by atoms with Crippen LogP contribution < -0.4 is 4.74 Å². The van der Waals surface area contributed by atoms with Crippen LogP contribution in [0.15, 0.2) is 66.4 Å². The Labute approximate surface area is 89.0 Å². The molecule has 0 heterocycles. The molecule has 0 aliphatic heterocycles. The van der Waals surface area contributed by atoms with Gasteiger partial charge in [0.2, 0.25) is 0 Å². The molecule has 1 nitrogen and oxygen atoms in total. The Morgan fingerprint density at radius 3 is 2.43 bits per heavy atom. The van der Waals surface area contributed by atoms with Crippen LogP contribution in [0.2, 0.25) is 0 Å². The third-order valence-electron chi connectivity index (χ3n) is 1.51. The van der Waals surface area contributed by atoms with Gasteiger partial charge >= 0.3 is 0 Å². The van der Waals surface area contributed by atoms with Crippen LogP contribution in [-0.4, -0.2) is 0 Å². The Morgan fingerprint density at radius 1 is 1.29 bits per heavy atom. The van der Waals surface area contributed by atoms with E-state index < -0.39 is 0 Å². The van der Waals surface area contributed by atoms with E-state index in [2.05, 4.69) is 13.2 Å². The summed E-state index contributed by atoms with van der Waals surface area (Å²) in [4.78, 5) is 0. The highest BCUT2D eigenvalue weighted by atomic mass is 35.5. The van der Waals surface area contributed by atoms with Gasteiger partial charge in [0, 0.05) is 0 Å². The van der Waals surface area contributed by atoms with E-state index in [1.165, 1.54) is 0 Å². The predicted octanol–water partition coefficient (Wildman–Crippen LogP) is 3.89. The highest BCUT2D eigenvalue weighted by Crippen LogP contribution is 2.19. The van der Waals surface area contributed by atoms with Crippen LogP contribution >= 0.6 is 11.6 Å². The molecule has 2 heteroatoms. The Morgan fingerprint density at radius 2 is 1.93 bits per heavy atom. The van der Waals surface area contributed by atoms with Crippen LogP contribution in [0.1, 0.15) is 0 Å². The van der Waals surface area contributed by atoms with Gasteiger partial charge in [0.15, 0.2) is 0 Å². The molecule has 0 fully saturated rings. The zero-order valence-electron chi connectivity index (χ0n) is 7.74. The fraction of sp³-hybridized carbons (Fsp3) is 0. The van der Waals surface area contributed by atoms with E-state index in [4.69, 9.17) is 16.3 Å². The van der Waals surface area contributed by atoms with Gasteiger partial charge in [-0.05, 0) is 18.2 Å². The van der Waals surface area contributed by atoms with Crippen LogP contribution in [-0.2, 0) is 0 Å². The second-order valence-corrected chi connectivity index (χ2v) is 3.04. The monoisotopic (exact) mass is 206 g/mol. The maximum absolute atomic E-state index is 5.74. The summed E-state index contributed by atoms with van der Waals surface area (Å²) >= 11 is 5.74. The van der Waals surface area contributed by atoms with Gasteiger partial charge in [-0.1, -0.05) is 49.0 Å². The number of para-hydroxylation sites is 1. The zero-order chi connectivity index (χ0) is 10.4. The predicted molar refractivity (Wildman–Crippen MR) is 60.3 cm³/mol. The van der Waals surface area contributed by atoms with Gasteiger partial charge in [-0.25, -0.2) is 0 Å². The van der Waals surface area contributed by atoms with Crippen LogP contribution in [0.25, 0.3) is 0 Å². The number of rotatable bonds is 4. The highest BCUT2D eigenvalue weighted by molar-refractivity contribution is 6.31. The second kappa shape index (κ2) is 5.30. The van der Waals surface area contributed by atoms with Gasteiger partial charge in [0.1, 0.15) is 11.5 Å². The molecule has 0 atom stereocenters. The molecule has 0 radical (unpaired) electrons. The quantitative estimate of drug-likeness (QED) is 0.537. The molecule has 72 valence electrons. The molecular formula is C12H11ClO. The topological polar surface area (TPSA) is 9.23 Å². The van der Waals surface area contributed by atoms with E-state index in [0.29, 0.717) is 10.8 Å². The Balaban J connectivity index is 2.80. The summed E-state index contributed by atoms with van der Waals surface area (Å²) in [5.74, 6) is 1.23. The molecule has 0 unspecified atom stereocenters. The molecule has 0 spiro atoms. The first-order valence-electron chi connectivity index (χ1n) is 4.14. The maximum Gasteiger partial charge on any atom is 0.145 e. The van der Waals surface area contributed by atoms with Crippen LogP contribution in [0.5, 0.6) is 5.75 Å². The molecule has 0 saturated heterocycles. The fourth-order valence-corrected chi connectivity index (χ4v) is 1.00. The average molecular weight is 207 g/mol. The molecule has 0 saturated carbocycles. The highest BCUT2D eigenvalue weighted by Gasteiger charge is 2.01. The third-order valence-corrected chi connectivity index (χ3v) is 1.69. The standard InChI is InChI=1S/C12H11ClO/c1-3-7-12(10(2)13)14-11-8-5-4-6-9-11/h3-9H,1-2H2/b12-7+. The molecular weight excluding hydrogens is 196 g/mol. The average Bonchev–Trinajstić information content (AvgIpc) is 2.18. The molecule has 0 aromatic heterocycles. The van der Waals surface area contributed by atoms with Crippen molar-refractivity contribution in [1.82, 2.24) is 0 Å². The largest absolute Gasteiger partial charge is 0.456 e. The van der Waals surface area contributed by atoms with Gasteiger partial charge in [-0.15, -0.1) is 0 Å². The minimum absolute atomic E-state index is 0.355. The van der Waals surface area contributed by atoms with Crippen molar-refractivity contribution < 1.29 is 4.74 Å². The van der Waals surface area contributed by atoms with Crippen molar-refractivity contribution >= 4 is 11.6 Å². The number of hydrogen-bond donors (Lipinski definition) is 0. The molecule has 1 aromatic rings. The molecule has 1 aromatic carbocycles. The van der Waals surface area contributed by atoms with Crippen LogP contribution in [0.3, 0.4) is 0 Å². The maximum atomic E-state index is 5.74. The van der Waals surface area contributed by atoms with Crippen molar-refractivity contribution in [3.05, 3.63) is 66.4 Å². The van der Waals surface area contributed by atoms with Gasteiger partial charge in [-0.3, -0.25) is 0 Å². The summed E-state index contributed by atoms with van der Waals surface area (Å²) in [7, 11) is 0. The minimum atomic E-state index is 0.355. The molecule has 1 rings (SSSR count). The second-order valence-electron chi connectivity index (χ2n) is 2.59. The van der Waals surface area contributed by atoms with E-state index >= 15 is 0 Å². The number of ether oxygens (including phenoxy) is 1. The number of hydrogen-bond acceptors (Lipinski definition) is 1. The summed E-state index contributed by atoms with van der Waals surface area (Å²) in [6, 6.07) is 9.38. The normalized spacial score (nSPS) is 10.8. The Hall–Kier alpha value is -1.47. The van der Waals surface area contributed by atoms with Crippen LogP contribution in [0.4, 0.5) is 0 Å². The lowest BCUT2D eigenvalue weighted by Gasteiger charge is -2.07. The number of benzene rings is 1. The lowest BCUT2D eigenvalue weighted by atomic mass is 10.3. The summed E-state index contributed by atoms with van der Waals surface area (Å²) in [5, 5.41) is 0.355. The summed E-state index contributed by atoms with van der Waals surface area (Å²) in [6.07, 6.45) is 3.27. The Bertz CT molecular complexity index is 352. The SMILES string of the molecule is C=C/C=C(/Oc1ccccc1)C(=C)Cl. The Kier molecular flexibility index (Phi) is 4.02. The van der Waals surface area contributed by atoms with Crippen molar-refractivity contribution in [2.24, 2.45) is 0 Å². The summed E-state index contributed by atoms with van der Waals surface area (Å²) in [5.41, 5.74) is 0. The summed E-state index contributed by atoms with van der Waals surface area (Å²) < 4.78 is 5.47. The minimum Gasteiger partial charge on any atom is -0.456 e. The van der Waals surface area contributed by atoms with E-state index in [0.717, 1.165) is 5.75 Å². The van der Waals surface area contributed by atoms with E-state index in [1.807, 2.05) is 30.3 Å². The number of allylic oxidation sites excluding steroid dienone is 3. The van der Waals surface area contributed by atoms with Gasteiger partial charge in [0.05, 0.1) is 5.03 Å². The van der Waals surface area contributed by atoms with E-state index in [1.54, 1.807) is 12.2 Å². The lowest BCUT2D eigenvalue weighted by Crippen LogP contribution is -1.94. The van der Waals surface area contributed by atoms with Gasteiger partial charge in [-0.2, -0.15) is 0 Å². The van der Waals surface area contributed by atoms with Crippen molar-refractivity contribution in [2.75, 3.05) is 0 Å². The van der Waals surface area contributed by atoms with E-state index in [9.17, 15) is 0 Å². The third kappa shape index (κ3) is 3.11. The van der Waals surface area contributed by atoms with Crippen molar-refractivity contribution in [3.63, 3.8) is 0 Å². The van der Waals surface area contributed by atoms with Gasteiger partial charge < -0.3 is 4.74 Å². The van der Waals surface area contributed by atoms with Crippen molar-refractivity contribution in [2.45, 2.75) is 0 Å². The van der Waals surface area contributed by atoms with Crippen LogP contribution in [0, 0.1) is 0 Å². The molecule has 0 bridgehead atoms. The first-order chi connectivity index (χ1) is 6.74. The van der Waals surface area contributed by atoms with Gasteiger partial charge in [0.25, 0.3) is 0 Å². The first-order valence-corrected chi connectivity index (χ1v) is 4.52. The lowest BCUT2D eigenvalue weighted by molar-refractivity contribution is 0.442. The van der Waals surface area contributed by atoms with Crippen molar-refractivity contribution in [1.29, 1.82) is 0 Å². The fourth-order valence-electron chi connectivity index (χ4n) is 0.902. The smallest absolute Gasteiger partial charge is 0.145 e. The first kappa shape index (κ1) is 10.6. The molecule has 14 heavy (non-hydrogen) atoms. The van der Waals surface area contributed by atoms with E-state index in [-0.39, 0.29) is 0 Å².